The predicted molar refractivity (Wildman–Crippen MR) is 79.8 cm³/mol. The number of methoxy groups -OCH3 is 1. The van der Waals surface area contributed by atoms with Gasteiger partial charge in [-0.3, -0.25) is 4.79 Å². The van der Waals surface area contributed by atoms with E-state index < -0.39 is 11.4 Å². The van der Waals surface area contributed by atoms with Crippen LogP contribution in [0.25, 0.3) is 10.9 Å². The maximum absolute atomic E-state index is 12.1. The van der Waals surface area contributed by atoms with E-state index in [4.69, 9.17) is 9.84 Å². The van der Waals surface area contributed by atoms with E-state index in [-0.39, 0.29) is 5.56 Å². The van der Waals surface area contributed by atoms with E-state index in [1.165, 1.54) is 6.20 Å². The molecule has 0 spiro atoms. The van der Waals surface area contributed by atoms with Crippen molar-refractivity contribution in [1.82, 2.24) is 4.57 Å². The molecule has 0 bridgehead atoms. The summed E-state index contributed by atoms with van der Waals surface area (Å²) in [5.41, 5.74) is 0.0488. The quantitative estimate of drug-likeness (QED) is 0.832. The minimum Gasteiger partial charge on any atom is -0.477 e. The molecule has 1 aromatic heterocycles. The number of fused-ring (bicyclic) bond motifs is 1. The monoisotopic (exact) mass is 373 g/mol. The van der Waals surface area contributed by atoms with Crippen LogP contribution < -0.4 is 5.43 Å². The maximum Gasteiger partial charge on any atom is 0.341 e. The number of halogens is 1. The number of ether oxygens (including phenoxy) is 1. The summed E-state index contributed by atoms with van der Waals surface area (Å²) in [5, 5.41) is 9.52. The molecule has 2 rings (SSSR count). The lowest BCUT2D eigenvalue weighted by Gasteiger charge is -2.12. The van der Waals surface area contributed by atoms with Crippen LogP contribution >= 0.6 is 22.6 Å². The first kappa shape index (κ1) is 14.0. The Kier molecular flexibility index (Phi) is 4.20. The molecule has 0 atom stereocenters. The van der Waals surface area contributed by atoms with Gasteiger partial charge < -0.3 is 14.4 Å². The first-order chi connectivity index (χ1) is 9.04. The van der Waals surface area contributed by atoms with Gasteiger partial charge in [0, 0.05) is 28.8 Å². The van der Waals surface area contributed by atoms with E-state index in [9.17, 15) is 9.59 Å². The minimum atomic E-state index is -1.21. The lowest BCUT2D eigenvalue weighted by Crippen LogP contribution is -2.20. The molecule has 0 fully saturated rings. The van der Waals surface area contributed by atoms with Crippen LogP contribution in [0.2, 0.25) is 0 Å². The Morgan fingerprint density at radius 1 is 1.47 bits per heavy atom. The lowest BCUT2D eigenvalue weighted by atomic mass is 10.1. The topological polar surface area (TPSA) is 68.5 Å². The van der Waals surface area contributed by atoms with E-state index in [1.54, 1.807) is 17.7 Å². The van der Waals surface area contributed by atoms with Crippen molar-refractivity contribution in [2.45, 2.75) is 6.54 Å². The van der Waals surface area contributed by atoms with Gasteiger partial charge >= 0.3 is 5.97 Å². The average Bonchev–Trinajstić information content (AvgIpc) is 2.38. The van der Waals surface area contributed by atoms with E-state index in [0.717, 1.165) is 3.57 Å². The van der Waals surface area contributed by atoms with Crippen molar-refractivity contribution < 1.29 is 14.6 Å². The maximum atomic E-state index is 12.1. The smallest absolute Gasteiger partial charge is 0.341 e. The van der Waals surface area contributed by atoms with Gasteiger partial charge in [-0.05, 0) is 40.8 Å². The highest BCUT2D eigenvalue weighted by molar-refractivity contribution is 14.1. The van der Waals surface area contributed by atoms with E-state index >= 15 is 0 Å². The molecule has 0 unspecified atom stereocenters. The first-order valence-corrected chi connectivity index (χ1v) is 6.67. The van der Waals surface area contributed by atoms with E-state index in [2.05, 4.69) is 22.6 Å². The zero-order valence-corrected chi connectivity index (χ0v) is 12.4. The number of carbonyl (C=O) groups is 1. The van der Waals surface area contributed by atoms with Gasteiger partial charge in [0.2, 0.25) is 5.43 Å². The van der Waals surface area contributed by atoms with Gasteiger partial charge in [-0.25, -0.2) is 4.79 Å². The third-order valence-corrected chi connectivity index (χ3v) is 3.48. The van der Waals surface area contributed by atoms with Crippen molar-refractivity contribution in [2.24, 2.45) is 0 Å². The third-order valence-electron chi connectivity index (χ3n) is 2.81. The first-order valence-electron chi connectivity index (χ1n) is 5.59. The summed E-state index contributed by atoms with van der Waals surface area (Å²) in [6.45, 7) is 0.942. The molecule has 0 aliphatic carbocycles. The standard InChI is InChI=1S/C13H12INO4/c1-19-5-4-15-7-10(13(17)18)12(16)9-6-8(14)2-3-11(9)15/h2-3,6-7H,4-5H2,1H3,(H,17,18). The van der Waals surface area contributed by atoms with Crippen LogP contribution in [-0.4, -0.2) is 29.4 Å². The van der Waals surface area contributed by atoms with Crippen molar-refractivity contribution in [3.63, 3.8) is 0 Å². The molecule has 6 heteroatoms. The summed E-state index contributed by atoms with van der Waals surface area (Å²) in [5.74, 6) is -1.21. The molecular weight excluding hydrogens is 361 g/mol. The largest absolute Gasteiger partial charge is 0.477 e. The highest BCUT2D eigenvalue weighted by Gasteiger charge is 2.14. The highest BCUT2D eigenvalue weighted by Crippen LogP contribution is 2.16. The molecule has 5 nitrogen and oxygen atoms in total. The molecule has 1 heterocycles. The molecule has 0 radical (unpaired) electrons. The van der Waals surface area contributed by atoms with Gasteiger partial charge in [-0.15, -0.1) is 0 Å². The number of benzene rings is 1. The molecule has 1 N–H and O–H groups in total. The molecule has 0 aliphatic heterocycles. The van der Waals surface area contributed by atoms with Gasteiger partial charge in [0.1, 0.15) is 5.56 Å². The number of hydrogen-bond donors (Lipinski definition) is 1. The Labute approximate surface area is 122 Å². The number of nitrogens with zero attached hydrogens (tertiary/aromatic N) is 1. The van der Waals surface area contributed by atoms with Crippen molar-refractivity contribution >= 4 is 39.5 Å². The third kappa shape index (κ3) is 2.79. The van der Waals surface area contributed by atoms with E-state index in [1.807, 2.05) is 12.1 Å². The molecule has 0 amide bonds. The minimum absolute atomic E-state index is 0.217. The van der Waals surface area contributed by atoms with Crippen LogP contribution in [0.1, 0.15) is 10.4 Å². The van der Waals surface area contributed by atoms with Crippen LogP contribution in [-0.2, 0) is 11.3 Å². The second-order valence-corrected chi connectivity index (χ2v) is 5.27. The second-order valence-electron chi connectivity index (χ2n) is 4.02. The zero-order chi connectivity index (χ0) is 14.0. The van der Waals surface area contributed by atoms with Crippen molar-refractivity contribution in [3.05, 3.63) is 43.8 Å². The van der Waals surface area contributed by atoms with Gasteiger partial charge in [0.15, 0.2) is 0 Å². The second kappa shape index (κ2) is 5.70. The Morgan fingerprint density at radius 2 is 2.21 bits per heavy atom. The Bertz CT molecular complexity index is 693. The van der Waals surface area contributed by atoms with Crippen molar-refractivity contribution in [2.75, 3.05) is 13.7 Å². The van der Waals surface area contributed by atoms with Crippen LogP contribution in [0.3, 0.4) is 0 Å². The average molecular weight is 373 g/mol. The normalized spacial score (nSPS) is 10.8. The Balaban J connectivity index is 2.76. The lowest BCUT2D eigenvalue weighted by molar-refractivity contribution is 0.0694. The van der Waals surface area contributed by atoms with Gasteiger partial charge in [0.05, 0.1) is 12.1 Å². The molecule has 0 saturated heterocycles. The SMILES string of the molecule is COCCn1cc(C(=O)O)c(=O)c2cc(I)ccc21. The molecule has 1 aromatic carbocycles. The summed E-state index contributed by atoms with van der Waals surface area (Å²) >= 11 is 2.09. The summed E-state index contributed by atoms with van der Waals surface area (Å²) in [4.78, 5) is 23.2. The van der Waals surface area contributed by atoms with Gasteiger partial charge in [-0.2, -0.15) is 0 Å². The summed E-state index contributed by atoms with van der Waals surface area (Å²) in [6.07, 6.45) is 1.37. The zero-order valence-electron chi connectivity index (χ0n) is 10.2. The predicted octanol–water partition coefficient (Wildman–Crippen LogP) is 1.95. The summed E-state index contributed by atoms with van der Waals surface area (Å²) < 4.78 is 7.63. The van der Waals surface area contributed by atoms with Crippen molar-refractivity contribution in [1.29, 1.82) is 0 Å². The van der Waals surface area contributed by atoms with Gasteiger partial charge in [0.25, 0.3) is 0 Å². The number of carboxylic acid groups (broad SMARTS) is 1. The van der Waals surface area contributed by atoms with Gasteiger partial charge in [-0.1, -0.05) is 0 Å². The molecular formula is C13H12INO4. The Hall–Kier alpha value is -1.41. The van der Waals surface area contributed by atoms with Crippen LogP contribution in [0, 0.1) is 3.57 Å². The summed E-state index contributed by atoms with van der Waals surface area (Å²) in [6, 6.07) is 5.40. The number of aromatic carboxylic acids is 1. The molecule has 0 aliphatic rings. The molecule has 0 saturated carbocycles. The number of hydrogen-bond acceptors (Lipinski definition) is 3. The summed E-state index contributed by atoms with van der Waals surface area (Å²) in [7, 11) is 1.58. The van der Waals surface area contributed by atoms with Crippen molar-refractivity contribution in [3.8, 4) is 0 Å². The number of aromatic nitrogens is 1. The molecule has 100 valence electrons. The number of carboxylic acids is 1. The van der Waals surface area contributed by atoms with E-state index in [0.29, 0.717) is 24.1 Å². The van der Waals surface area contributed by atoms with Crippen LogP contribution in [0.4, 0.5) is 0 Å². The molecule has 2 aromatic rings. The van der Waals surface area contributed by atoms with Crippen LogP contribution in [0.5, 0.6) is 0 Å². The fourth-order valence-electron chi connectivity index (χ4n) is 1.90. The Morgan fingerprint density at radius 3 is 2.84 bits per heavy atom. The fraction of sp³-hybridized carbons (Fsp3) is 0.231. The highest BCUT2D eigenvalue weighted by atomic mass is 127. The van der Waals surface area contributed by atoms with Crippen LogP contribution in [0.15, 0.2) is 29.2 Å². The fourth-order valence-corrected chi connectivity index (χ4v) is 2.39. The number of pyridine rings is 1. The molecule has 19 heavy (non-hydrogen) atoms. The number of rotatable bonds is 4.